The molecule has 4 rings (SSSR count). The molecule has 3 aromatic rings. The van der Waals surface area contributed by atoms with Crippen molar-refractivity contribution >= 4 is 35.5 Å². The van der Waals surface area contributed by atoms with Gasteiger partial charge in [0.15, 0.2) is 0 Å². The van der Waals surface area contributed by atoms with Crippen molar-refractivity contribution in [2.24, 2.45) is 23.5 Å². The SMILES string of the molecule is CC[C@H](C)[C@H](NC(=O)[C@H](Cc1ccc(O)cc1)NC(=O)[C@@H](N)C(C)C)C(=O)N[C@@H](Cc1cnc[nH]1)C(=O)N1CC[C@H](CC(=O)N[C@@H](Cc2ccccc2)C(=O)O)C1. The van der Waals surface area contributed by atoms with E-state index in [0.29, 0.717) is 30.6 Å². The van der Waals surface area contributed by atoms with Crippen molar-refractivity contribution in [2.45, 2.75) is 96.4 Å². The Morgan fingerprint density at radius 1 is 0.842 bits per heavy atom. The molecule has 1 aliphatic heterocycles. The van der Waals surface area contributed by atoms with Crippen molar-refractivity contribution in [1.29, 1.82) is 0 Å². The van der Waals surface area contributed by atoms with E-state index in [1.165, 1.54) is 18.5 Å². The molecular formula is C41H56N8O8. The van der Waals surface area contributed by atoms with E-state index < -0.39 is 59.8 Å². The number of amides is 5. The summed E-state index contributed by atoms with van der Waals surface area (Å²) in [7, 11) is 0. The van der Waals surface area contributed by atoms with E-state index in [1.54, 1.807) is 68.3 Å². The normalized spacial score (nSPS) is 17.1. The number of aromatic nitrogens is 2. The van der Waals surface area contributed by atoms with Crippen LogP contribution in [0.4, 0.5) is 0 Å². The molecule has 9 N–H and O–H groups in total. The number of aromatic amines is 1. The van der Waals surface area contributed by atoms with E-state index in [-0.39, 0.29) is 61.6 Å². The number of carbonyl (C=O) groups is 6. The largest absolute Gasteiger partial charge is 0.508 e. The van der Waals surface area contributed by atoms with Gasteiger partial charge in [-0.25, -0.2) is 9.78 Å². The van der Waals surface area contributed by atoms with E-state index in [4.69, 9.17) is 5.73 Å². The first kappa shape index (κ1) is 44.0. The van der Waals surface area contributed by atoms with Crippen molar-refractivity contribution < 1.29 is 39.0 Å². The summed E-state index contributed by atoms with van der Waals surface area (Å²) in [5.41, 5.74) is 8.10. The second-order valence-electron chi connectivity index (χ2n) is 15.2. The summed E-state index contributed by atoms with van der Waals surface area (Å²) in [5, 5.41) is 30.6. The van der Waals surface area contributed by atoms with Crippen LogP contribution in [-0.4, -0.2) is 104 Å². The molecule has 16 heteroatoms. The van der Waals surface area contributed by atoms with Gasteiger partial charge in [-0.15, -0.1) is 0 Å². The summed E-state index contributed by atoms with van der Waals surface area (Å²) in [4.78, 5) is 88.7. The minimum atomic E-state index is -1.15. The van der Waals surface area contributed by atoms with Gasteiger partial charge in [0.2, 0.25) is 29.5 Å². The number of hydrogen-bond donors (Lipinski definition) is 8. The van der Waals surface area contributed by atoms with Crippen LogP contribution in [0, 0.1) is 17.8 Å². The molecule has 0 radical (unpaired) electrons. The van der Waals surface area contributed by atoms with Gasteiger partial charge < -0.3 is 47.1 Å². The van der Waals surface area contributed by atoms with Gasteiger partial charge in [-0.05, 0) is 47.4 Å². The number of likely N-dealkylation sites (tertiary alicyclic amines) is 1. The highest BCUT2D eigenvalue weighted by Crippen LogP contribution is 2.22. The third-order valence-corrected chi connectivity index (χ3v) is 10.4. The number of nitrogens with zero attached hydrogens (tertiary/aromatic N) is 2. The number of carbonyl (C=O) groups excluding carboxylic acids is 5. The molecule has 1 aliphatic rings. The summed E-state index contributed by atoms with van der Waals surface area (Å²) in [6, 6.07) is 9.94. The third kappa shape index (κ3) is 13.2. The zero-order valence-corrected chi connectivity index (χ0v) is 32.9. The lowest BCUT2D eigenvalue weighted by atomic mass is 9.96. The number of nitrogens with one attached hydrogen (secondary N) is 5. The average molecular weight is 789 g/mol. The first-order chi connectivity index (χ1) is 27.1. The zero-order valence-electron chi connectivity index (χ0n) is 32.9. The van der Waals surface area contributed by atoms with E-state index in [2.05, 4.69) is 31.2 Å². The lowest BCUT2D eigenvalue weighted by molar-refractivity contribution is -0.142. The van der Waals surface area contributed by atoms with Gasteiger partial charge in [0.05, 0.1) is 12.4 Å². The van der Waals surface area contributed by atoms with Crippen molar-refractivity contribution in [2.75, 3.05) is 13.1 Å². The standard InChI is InChI=1S/C41H56N8O8/c1-5-25(4)36(48-37(52)31(46-38(53)35(42)24(2)3)17-27-11-13-30(50)14-12-27)39(54)47-32(20-29-21-43-23-44-29)40(55)49-16-15-28(22-49)19-34(51)45-33(41(56)57)18-26-9-7-6-8-10-26/h6-14,21,23-25,28,31-33,35-36,50H,5,15-20,22,42H2,1-4H3,(H,43,44)(H,45,51)(H,46,53)(H,47,54)(H,48,52)(H,56,57)/t25-,28+,31-,32-,33-,35-,36-/m0/s1. The van der Waals surface area contributed by atoms with Crippen LogP contribution in [0.15, 0.2) is 67.1 Å². The predicted molar refractivity (Wildman–Crippen MR) is 211 cm³/mol. The Hall–Kier alpha value is -5.77. The van der Waals surface area contributed by atoms with Gasteiger partial charge in [0.1, 0.15) is 29.9 Å². The van der Waals surface area contributed by atoms with Crippen LogP contribution in [0.5, 0.6) is 5.75 Å². The van der Waals surface area contributed by atoms with E-state index in [1.807, 2.05) is 13.0 Å². The highest BCUT2D eigenvalue weighted by atomic mass is 16.4. The number of H-pyrrole nitrogens is 1. The van der Waals surface area contributed by atoms with Crippen LogP contribution < -0.4 is 27.0 Å². The Labute approximate surface area is 332 Å². The molecule has 0 bridgehead atoms. The Morgan fingerprint density at radius 3 is 2.11 bits per heavy atom. The quantitative estimate of drug-likeness (QED) is 0.0818. The maximum Gasteiger partial charge on any atom is 0.326 e. The number of carboxylic acid groups (broad SMARTS) is 1. The summed E-state index contributed by atoms with van der Waals surface area (Å²) in [6.45, 7) is 7.77. The predicted octanol–water partition coefficient (Wildman–Crippen LogP) is 1.44. The van der Waals surface area contributed by atoms with Crippen molar-refractivity contribution in [3.05, 3.63) is 83.9 Å². The van der Waals surface area contributed by atoms with Gasteiger partial charge in [0.25, 0.3) is 0 Å². The zero-order chi connectivity index (χ0) is 41.6. The van der Waals surface area contributed by atoms with Crippen molar-refractivity contribution in [3.63, 3.8) is 0 Å². The monoisotopic (exact) mass is 788 g/mol. The fourth-order valence-corrected chi connectivity index (χ4v) is 6.67. The number of carboxylic acids is 1. The maximum absolute atomic E-state index is 14.1. The molecule has 1 saturated heterocycles. The Balaban J connectivity index is 1.46. The summed E-state index contributed by atoms with van der Waals surface area (Å²) in [6.07, 6.45) is 4.27. The minimum Gasteiger partial charge on any atom is -0.508 e. The second kappa shape index (κ2) is 20.9. The average Bonchev–Trinajstić information content (AvgIpc) is 3.88. The van der Waals surface area contributed by atoms with E-state index in [0.717, 1.165) is 5.56 Å². The highest BCUT2D eigenvalue weighted by Gasteiger charge is 2.37. The Bertz CT molecular complexity index is 1800. The number of hydrogen-bond acceptors (Lipinski definition) is 9. The van der Waals surface area contributed by atoms with Gasteiger partial charge in [-0.3, -0.25) is 24.0 Å². The number of nitrogens with two attached hydrogens (primary N) is 1. The number of phenols is 1. The molecule has 1 fully saturated rings. The van der Waals surface area contributed by atoms with Crippen LogP contribution in [0.3, 0.4) is 0 Å². The molecule has 7 atom stereocenters. The molecule has 0 aliphatic carbocycles. The smallest absolute Gasteiger partial charge is 0.326 e. The molecule has 16 nitrogen and oxygen atoms in total. The van der Waals surface area contributed by atoms with Crippen molar-refractivity contribution in [1.82, 2.24) is 36.1 Å². The van der Waals surface area contributed by atoms with E-state index in [9.17, 15) is 39.0 Å². The number of phenolic OH excluding ortho intramolecular Hbond substituents is 1. The molecule has 0 unspecified atom stereocenters. The number of aromatic hydroxyl groups is 1. The summed E-state index contributed by atoms with van der Waals surface area (Å²) in [5.74, 6) is -4.51. The van der Waals surface area contributed by atoms with Gasteiger partial charge in [-0.1, -0.05) is 76.6 Å². The molecule has 0 spiro atoms. The lowest BCUT2D eigenvalue weighted by Crippen LogP contribution is -2.60. The molecule has 0 saturated carbocycles. The summed E-state index contributed by atoms with van der Waals surface area (Å²) >= 11 is 0. The van der Waals surface area contributed by atoms with Crippen LogP contribution in [-0.2, 0) is 48.0 Å². The Kier molecular flexibility index (Phi) is 16.2. The molecule has 2 heterocycles. The van der Waals surface area contributed by atoms with Crippen LogP contribution in [0.1, 0.15) is 63.8 Å². The second-order valence-corrected chi connectivity index (χ2v) is 15.2. The fourth-order valence-electron chi connectivity index (χ4n) is 6.67. The van der Waals surface area contributed by atoms with Crippen LogP contribution in [0.25, 0.3) is 0 Å². The first-order valence-electron chi connectivity index (χ1n) is 19.4. The molecule has 308 valence electrons. The number of benzene rings is 2. The van der Waals surface area contributed by atoms with E-state index >= 15 is 0 Å². The Morgan fingerprint density at radius 2 is 1.49 bits per heavy atom. The van der Waals surface area contributed by atoms with Crippen molar-refractivity contribution in [3.8, 4) is 5.75 Å². The van der Waals surface area contributed by atoms with Gasteiger partial charge >= 0.3 is 5.97 Å². The van der Waals surface area contributed by atoms with Crippen LogP contribution >= 0.6 is 0 Å². The highest BCUT2D eigenvalue weighted by molar-refractivity contribution is 5.95. The molecule has 2 aromatic carbocycles. The van der Waals surface area contributed by atoms with Gasteiger partial charge in [0, 0.05) is 50.7 Å². The lowest BCUT2D eigenvalue weighted by Gasteiger charge is -2.30. The summed E-state index contributed by atoms with van der Waals surface area (Å²) < 4.78 is 0. The number of rotatable bonds is 20. The maximum atomic E-state index is 14.1. The first-order valence-corrected chi connectivity index (χ1v) is 19.4. The molecule has 57 heavy (non-hydrogen) atoms. The van der Waals surface area contributed by atoms with Crippen LogP contribution in [0.2, 0.25) is 0 Å². The number of imidazole rings is 1. The molecule has 1 aromatic heterocycles. The third-order valence-electron chi connectivity index (χ3n) is 10.4. The topological polar surface area (TPSA) is 249 Å². The minimum absolute atomic E-state index is 0.0198. The molecular weight excluding hydrogens is 732 g/mol. The fraction of sp³-hybridized carbons (Fsp3) is 0.488. The molecule has 5 amide bonds. The number of aliphatic carboxylic acids is 1. The van der Waals surface area contributed by atoms with Gasteiger partial charge in [-0.2, -0.15) is 0 Å².